The normalized spacial score (nSPS) is 17.9. The number of nitrogens with zero attached hydrogens (tertiary/aromatic N) is 5. The van der Waals surface area contributed by atoms with E-state index < -0.39 is 10.2 Å². The predicted octanol–water partition coefficient (Wildman–Crippen LogP) is 2.16. The molecule has 1 saturated heterocycles. The van der Waals surface area contributed by atoms with Crippen molar-refractivity contribution in [3.8, 4) is 16.9 Å². The third-order valence-electron chi connectivity index (χ3n) is 4.86. The fourth-order valence-electron chi connectivity index (χ4n) is 3.37. The topological polar surface area (TPSA) is 78.9 Å². The maximum absolute atomic E-state index is 12.9. The fraction of sp³-hybridized carbons (Fsp3) is 0.474. The van der Waals surface area contributed by atoms with E-state index >= 15 is 0 Å². The molecule has 0 unspecified atom stereocenters. The first-order chi connectivity index (χ1) is 13.3. The first-order valence-corrected chi connectivity index (χ1v) is 10.5. The van der Waals surface area contributed by atoms with Crippen LogP contribution in [0.3, 0.4) is 0 Å². The summed E-state index contributed by atoms with van der Waals surface area (Å²) < 4.78 is 33.9. The minimum absolute atomic E-state index is 0.338. The average molecular weight is 406 g/mol. The zero-order valence-corrected chi connectivity index (χ0v) is 17.8. The lowest BCUT2D eigenvalue weighted by Gasteiger charge is -2.28. The lowest BCUT2D eigenvalue weighted by Crippen LogP contribution is -2.40. The Kier molecular flexibility index (Phi) is 5.87. The number of anilines is 1. The van der Waals surface area contributed by atoms with Crippen molar-refractivity contribution in [2.24, 2.45) is 0 Å². The first-order valence-electron chi connectivity index (χ1n) is 9.13. The highest BCUT2D eigenvalue weighted by Gasteiger charge is 2.38. The molecular formula is C19H27N5O3S. The van der Waals surface area contributed by atoms with Crippen molar-refractivity contribution >= 4 is 16.2 Å². The van der Waals surface area contributed by atoms with Crippen molar-refractivity contribution in [2.75, 3.05) is 46.7 Å². The maximum atomic E-state index is 12.9. The highest BCUT2D eigenvalue weighted by atomic mass is 32.2. The summed E-state index contributed by atoms with van der Waals surface area (Å²) >= 11 is 0. The zero-order chi connectivity index (χ0) is 20.5. The highest BCUT2D eigenvalue weighted by Crippen LogP contribution is 2.39. The van der Waals surface area contributed by atoms with E-state index in [0.29, 0.717) is 18.9 Å². The quantitative estimate of drug-likeness (QED) is 0.733. The molecule has 1 aromatic carbocycles. The molecule has 0 spiro atoms. The number of hydrogen-bond acceptors (Lipinski definition) is 6. The van der Waals surface area contributed by atoms with Crippen LogP contribution in [0, 0.1) is 0 Å². The van der Waals surface area contributed by atoms with Gasteiger partial charge in [-0.15, -0.1) is 0 Å². The SMILES string of the molecule is COc1cccc(-c2cnc(N(C)C)nc2[C@H]2CCCN2S(=O)(=O)N(C)C)c1. The van der Waals surface area contributed by atoms with Crippen LogP contribution in [0.4, 0.5) is 5.95 Å². The van der Waals surface area contributed by atoms with E-state index in [1.165, 1.54) is 4.31 Å². The van der Waals surface area contributed by atoms with E-state index in [1.54, 1.807) is 31.7 Å². The molecule has 0 bridgehead atoms. The molecule has 28 heavy (non-hydrogen) atoms. The van der Waals surface area contributed by atoms with Crippen LogP contribution in [0.25, 0.3) is 11.1 Å². The summed E-state index contributed by atoms with van der Waals surface area (Å²) in [7, 11) is 4.91. The molecule has 1 aliphatic heterocycles. The second kappa shape index (κ2) is 8.02. The molecule has 0 saturated carbocycles. The Hall–Kier alpha value is -2.23. The lowest BCUT2D eigenvalue weighted by atomic mass is 10.00. The third kappa shape index (κ3) is 3.82. The van der Waals surface area contributed by atoms with Crippen molar-refractivity contribution in [2.45, 2.75) is 18.9 Å². The Morgan fingerprint density at radius 3 is 2.61 bits per heavy atom. The number of hydrogen-bond donors (Lipinski definition) is 0. The van der Waals surface area contributed by atoms with E-state index in [-0.39, 0.29) is 6.04 Å². The standard InChI is InChI=1S/C19H27N5O3S/c1-22(2)19-20-13-16(14-8-6-9-15(12-14)27-5)18(21-19)17-10-7-11-24(17)28(25,26)23(3)4/h6,8-9,12-13,17H,7,10-11H2,1-5H3/t17-/m1/s1. The van der Waals surface area contributed by atoms with Crippen molar-refractivity contribution in [3.63, 3.8) is 0 Å². The second-order valence-corrected chi connectivity index (χ2v) is 9.25. The van der Waals surface area contributed by atoms with Gasteiger partial charge in [0.1, 0.15) is 5.75 Å². The molecule has 0 radical (unpaired) electrons. The fourth-order valence-corrected chi connectivity index (χ4v) is 4.67. The van der Waals surface area contributed by atoms with Crippen LogP contribution in [0.15, 0.2) is 30.5 Å². The van der Waals surface area contributed by atoms with Crippen LogP contribution in [0.5, 0.6) is 5.75 Å². The van der Waals surface area contributed by atoms with Crippen LogP contribution in [0.1, 0.15) is 24.6 Å². The minimum atomic E-state index is -3.55. The number of ether oxygens (including phenoxy) is 1. The molecule has 2 aromatic rings. The first kappa shape index (κ1) is 20.5. The van der Waals surface area contributed by atoms with Gasteiger partial charge in [-0.05, 0) is 30.5 Å². The van der Waals surface area contributed by atoms with Crippen molar-refractivity contribution in [3.05, 3.63) is 36.2 Å². The number of aromatic nitrogens is 2. The van der Waals surface area contributed by atoms with Gasteiger partial charge in [0.25, 0.3) is 10.2 Å². The maximum Gasteiger partial charge on any atom is 0.282 e. The van der Waals surface area contributed by atoms with Gasteiger partial charge in [-0.3, -0.25) is 0 Å². The molecule has 0 N–H and O–H groups in total. The van der Waals surface area contributed by atoms with Crippen LogP contribution < -0.4 is 9.64 Å². The Labute approximate surface area is 166 Å². The molecule has 1 atom stereocenters. The van der Waals surface area contributed by atoms with Gasteiger partial charge < -0.3 is 9.64 Å². The van der Waals surface area contributed by atoms with Crippen LogP contribution >= 0.6 is 0 Å². The molecule has 8 nitrogen and oxygen atoms in total. The molecule has 3 rings (SSSR count). The summed E-state index contributed by atoms with van der Waals surface area (Å²) in [6, 6.07) is 7.31. The van der Waals surface area contributed by atoms with E-state index in [1.807, 2.05) is 43.3 Å². The van der Waals surface area contributed by atoms with Crippen LogP contribution in [-0.2, 0) is 10.2 Å². The Balaban J connectivity index is 2.16. The average Bonchev–Trinajstić information content (AvgIpc) is 3.18. The van der Waals surface area contributed by atoms with Gasteiger partial charge in [0.15, 0.2) is 0 Å². The van der Waals surface area contributed by atoms with Gasteiger partial charge in [0.2, 0.25) is 5.95 Å². The van der Waals surface area contributed by atoms with Crippen molar-refractivity contribution in [1.82, 2.24) is 18.6 Å². The van der Waals surface area contributed by atoms with Crippen molar-refractivity contribution < 1.29 is 13.2 Å². The van der Waals surface area contributed by atoms with Crippen LogP contribution in [-0.4, -0.2) is 68.8 Å². The second-order valence-electron chi connectivity index (χ2n) is 7.15. The summed E-state index contributed by atoms with van der Waals surface area (Å²) in [5.41, 5.74) is 2.43. The molecule has 0 amide bonds. The third-order valence-corrected chi connectivity index (χ3v) is 6.82. The Bertz CT molecular complexity index is 946. The summed E-state index contributed by atoms with van der Waals surface area (Å²) in [6.07, 6.45) is 3.27. The lowest BCUT2D eigenvalue weighted by molar-refractivity contribution is 0.358. The molecule has 1 aliphatic rings. The molecule has 2 heterocycles. The van der Waals surface area contributed by atoms with Gasteiger partial charge in [-0.25, -0.2) is 9.97 Å². The molecule has 1 fully saturated rings. The molecule has 9 heteroatoms. The van der Waals surface area contributed by atoms with E-state index in [2.05, 4.69) is 4.98 Å². The van der Waals surface area contributed by atoms with Gasteiger partial charge in [0.05, 0.1) is 18.8 Å². The smallest absolute Gasteiger partial charge is 0.282 e. The minimum Gasteiger partial charge on any atom is -0.497 e. The van der Waals surface area contributed by atoms with E-state index in [0.717, 1.165) is 29.0 Å². The number of benzene rings is 1. The predicted molar refractivity (Wildman–Crippen MR) is 110 cm³/mol. The van der Waals surface area contributed by atoms with Crippen molar-refractivity contribution in [1.29, 1.82) is 0 Å². The molecule has 1 aromatic heterocycles. The largest absolute Gasteiger partial charge is 0.497 e. The van der Waals surface area contributed by atoms with Gasteiger partial charge >= 0.3 is 0 Å². The zero-order valence-electron chi connectivity index (χ0n) is 17.0. The monoisotopic (exact) mass is 405 g/mol. The molecule has 152 valence electrons. The molecule has 0 aliphatic carbocycles. The summed E-state index contributed by atoms with van der Waals surface area (Å²) in [5, 5.41) is 0. The summed E-state index contributed by atoms with van der Waals surface area (Å²) in [4.78, 5) is 11.0. The Morgan fingerprint density at radius 2 is 1.96 bits per heavy atom. The van der Waals surface area contributed by atoms with Gasteiger partial charge in [-0.1, -0.05) is 12.1 Å². The van der Waals surface area contributed by atoms with E-state index in [9.17, 15) is 8.42 Å². The summed E-state index contributed by atoms with van der Waals surface area (Å²) in [5.74, 6) is 1.28. The van der Waals surface area contributed by atoms with Crippen LogP contribution in [0.2, 0.25) is 0 Å². The highest BCUT2D eigenvalue weighted by molar-refractivity contribution is 7.86. The number of rotatable bonds is 6. The van der Waals surface area contributed by atoms with Gasteiger partial charge in [0, 0.05) is 46.5 Å². The molecular weight excluding hydrogens is 378 g/mol. The number of methoxy groups -OCH3 is 1. The van der Waals surface area contributed by atoms with Gasteiger partial charge in [-0.2, -0.15) is 17.0 Å². The Morgan fingerprint density at radius 1 is 1.21 bits per heavy atom. The van der Waals surface area contributed by atoms with E-state index in [4.69, 9.17) is 9.72 Å². The summed E-state index contributed by atoms with van der Waals surface area (Å²) in [6.45, 7) is 0.476.